The van der Waals surface area contributed by atoms with Gasteiger partial charge in [-0.05, 0) is 12.1 Å². The monoisotopic (exact) mass is 277 g/mol. The molecule has 0 aliphatic carbocycles. The van der Waals surface area contributed by atoms with Crippen molar-refractivity contribution in [2.24, 2.45) is 0 Å². The number of rotatable bonds is 1. The fourth-order valence-electron chi connectivity index (χ4n) is 1.59. The van der Waals surface area contributed by atoms with Crippen LogP contribution < -0.4 is 5.32 Å². The SMILES string of the molecule is Fc1cc(Br)cc(C2COCCN2)c1F. The Kier molecular flexibility index (Phi) is 3.33. The number of benzene rings is 1. The Bertz CT molecular complexity index is 367. The summed E-state index contributed by atoms with van der Waals surface area (Å²) >= 11 is 3.14. The Morgan fingerprint density at radius 1 is 1.40 bits per heavy atom. The average Bonchev–Trinajstić information content (AvgIpc) is 2.24. The first-order valence-electron chi connectivity index (χ1n) is 4.64. The molecule has 1 saturated heterocycles. The highest BCUT2D eigenvalue weighted by Gasteiger charge is 2.21. The van der Waals surface area contributed by atoms with E-state index in [2.05, 4.69) is 21.2 Å². The number of halogens is 3. The molecular weight excluding hydrogens is 268 g/mol. The molecule has 1 fully saturated rings. The van der Waals surface area contributed by atoms with E-state index in [1.54, 1.807) is 6.07 Å². The lowest BCUT2D eigenvalue weighted by atomic mass is 10.1. The molecule has 1 aromatic carbocycles. The van der Waals surface area contributed by atoms with Gasteiger partial charge in [-0.1, -0.05) is 15.9 Å². The summed E-state index contributed by atoms with van der Waals surface area (Å²) in [6.45, 7) is 1.62. The fraction of sp³-hybridized carbons (Fsp3) is 0.400. The molecule has 82 valence electrons. The lowest BCUT2D eigenvalue weighted by Gasteiger charge is -2.24. The molecule has 1 unspecified atom stereocenters. The summed E-state index contributed by atoms with van der Waals surface area (Å²) in [4.78, 5) is 0. The van der Waals surface area contributed by atoms with E-state index in [1.165, 1.54) is 0 Å². The van der Waals surface area contributed by atoms with Crippen LogP contribution >= 0.6 is 15.9 Å². The van der Waals surface area contributed by atoms with E-state index in [-0.39, 0.29) is 6.04 Å². The Morgan fingerprint density at radius 3 is 2.87 bits per heavy atom. The van der Waals surface area contributed by atoms with Crippen LogP contribution in [0.5, 0.6) is 0 Å². The third kappa shape index (κ3) is 2.35. The first kappa shape index (κ1) is 11.0. The van der Waals surface area contributed by atoms with Crippen LogP contribution in [0.1, 0.15) is 11.6 Å². The van der Waals surface area contributed by atoms with Crippen molar-refractivity contribution in [2.75, 3.05) is 19.8 Å². The first-order chi connectivity index (χ1) is 7.18. The summed E-state index contributed by atoms with van der Waals surface area (Å²) in [5, 5.41) is 3.08. The smallest absolute Gasteiger partial charge is 0.163 e. The van der Waals surface area contributed by atoms with Gasteiger partial charge in [-0.15, -0.1) is 0 Å². The summed E-state index contributed by atoms with van der Waals surface area (Å²) in [6.07, 6.45) is 0. The number of ether oxygens (including phenoxy) is 1. The van der Waals surface area contributed by atoms with E-state index >= 15 is 0 Å². The molecule has 1 aliphatic rings. The molecule has 1 aromatic rings. The second kappa shape index (κ2) is 4.55. The van der Waals surface area contributed by atoms with Crippen molar-refractivity contribution in [2.45, 2.75) is 6.04 Å². The lowest BCUT2D eigenvalue weighted by molar-refractivity contribution is 0.0755. The van der Waals surface area contributed by atoms with Gasteiger partial charge in [-0.3, -0.25) is 0 Å². The number of nitrogens with one attached hydrogen (secondary N) is 1. The van der Waals surface area contributed by atoms with Crippen LogP contribution in [0.25, 0.3) is 0 Å². The maximum atomic E-state index is 13.5. The summed E-state index contributed by atoms with van der Waals surface area (Å²) in [5.41, 5.74) is 0.307. The van der Waals surface area contributed by atoms with Crippen LogP contribution in [0.3, 0.4) is 0 Å². The molecule has 15 heavy (non-hydrogen) atoms. The maximum Gasteiger partial charge on any atom is 0.163 e. The minimum absolute atomic E-state index is 0.272. The molecule has 2 rings (SSSR count). The summed E-state index contributed by atoms with van der Waals surface area (Å²) < 4.78 is 32.3. The van der Waals surface area contributed by atoms with Gasteiger partial charge in [-0.25, -0.2) is 8.78 Å². The molecule has 0 radical (unpaired) electrons. The first-order valence-corrected chi connectivity index (χ1v) is 5.43. The molecule has 0 amide bonds. The second-order valence-electron chi connectivity index (χ2n) is 3.37. The van der Waals surface area contributed by atoms with Crippen LogP contribution in [-0.2, 0) is 4.74 Å². The van der Waals surface area contributed by atoms with Gasteiger partial charge >= 0.3 is 0 Å². The minimum atomic E-state index is -0.841. The van der Waals surface area contributed by atoms with Gasteiger partial charge in [0.25, 0.3) is 0 Å². The van der Waals surface area contributed by atoms with Crippen LogP contribution in [-0.4, -0.2) is 19.8 Å². The van der Waals surface area contributed by atoms with Crippen molar-refractivity contribution in [3.63, 3.8) is 0 Å². The van der Waals surface area contributed by atoms with Gasteiger partial charge < -0.3 is 10.1 Å². The Labute approximate surface area is 94.7 Å². The fourth-order valence-corrected chi connectivity index (χ4v) is 2.04. The zero-order valence-electron chi connectivity index (χ0n) is 7.90. The topological polar surface area (TPSA) is 21.3 Å². The Hall–Kier alpha value is -0.520. The minimum Gasteiger partial charge on any atom is -0.378 e. The van der Waals surface area contributed by atoms with Crippen molar-refractivity contribution in [3.05, 3.63) is 33.8 Å². The molecule has 0 aromatic heterocycles. The summed E-state index contributed by atoms with van der Waals surface area (Å²) in [5.74, 6) is -1.65. The predicted octanol–water partition coefficient (Wildman–Crippen LogP) is 2.39. The van der Waals surface area contributed by atoms with E-state index < -0.39 is 11.6 Å². The number of hydrogen-bond acceptors (Lipinski definition) is 2. The van der Waals surface area contributed by atoms with Crippen molar-refractivity contribution in [3.8, 4) is 0 Å². The van der Waals surface area contributed by atoms with E-state index in [0.717, 1.165) is 6.07 Å². The third-order valence-electron chi connectivity index (χ3n) is 2.32. The molecule has 1 atom stereocenters. The van der Waals surface area contributed by atoms with E-state index in [4.69, 9.17) is 4.74 Å². The zero-order valence-corrected chi connectivity index (χ0v) is 9.48. The predicted molar refractivity (Wildman–Crippen MR) is 55.6 cm³/mol. The highest BCUT2D eigenvalue weighted by atomic mass is 79.9. The standard InChI is InChI=1S/C10H10BrF2NO/c11-6-3-7(10(13)8(12)4-6)9-5-15-2-1-14-9/h3-4,9,14H,1-2,5H2. The van der Waals surface area contributed by atoms with Crippen molar-refractivity contribution in [1.82, 2.24) is 5.32 Å². The molecule has 0 bridgehead atoms. The Morgan fingerprint density at radius 2 is 2.20 bits per heavy atom. The average molecular weight is 278 g/mol. The highest BCUT2D eigenvalue weighted by molar-refractivity contribution is 9.10. The number of morpholine rings is 1. The molecule has 1 aliphatic heterocycles. The largest absolute Gasteiger partial charge is 0.378 e. The van der Waals surface area contributed by atoms with Crippen LogP contribution in [0.15, 0.2) is 16.6 Å². The normalized spacial score (nSPS) is 21.7. The quantitative estimate of drug-likeness (QED) is 0.796. The van der Waals surface area contributed by atoms with Crippen molar-refractivity contribution in [1.29, 1.82) is 0 Å². The van der Waals surface area contributed by atoms with Crippen LogP contribution in [0.2, 0.25) is 0 Å². The van der Waals surface area contributed by atoms with Crippen LogP contribution in [0.4, 0.5) is 8.78 Å². The van der Waals surface area contributed by atoms with Crippen LogP contribution in [0, 0.1) is 11.6 Å². The van der Waals surface area contributed by atoms with E-state index in [1.807, 2.05) is 0 Å². The Balaban J connectivity index is 2.33. The second-order valence-corrected chi connectivity index (χ2v) is 4.29. The van der Waals surface area contributed by atoms with Gasteiger partial charge in [-0.2, -0.15) is 0 Å². The number of hydrogen-bond donors (Lipinski definition) is 1. The molecule has 0 saturated carbocycles. The van der Waals surface area contributed by atoms with Gasteiger partial charge in [0, 0.05) is 16.6 Å². The molecular formula is C10H10BrF2NO. The van der Waals surface area contributed by atoms with Crippen molar-refractivity contribution < 1.29 is 13.5 Å². The molecule has 1 N–H and O–H groups in total. The highest BCUT2D eigenvalue weighted by Crippen LogP contribution is 2.25. The third-order valence-corrected chi connectivity index (χ3v) is 2.78. The van der Waals surface area contributed by atoms with Gasteiger partial charge in [0.05, 0.1) is 19.3 Å². The van der Waals surface area contributed by atoms with Crippen molar-refractivity contribution >= 4 is 15.9 Å². The lowest BCUT2D eigenvalue weighted by Crippen LogP contribution is -2.35. The van der Waals surface area contributed by atoms with Gasteiger partial charge in [0.2, 0.25) is 0 Å². The zero-order chi connectivity index (χ0) is 10.8. The molecule has 2 nitrogen and oxygen atoms in total. The molecule has 1 heterocycles. The summed E-state index contributed by atoms with van der Waals surface area (Å²) in [7, 11) is 0. The van der Waals surface area contributed by atoms with E-state index in [0.29, 0.717) is 29.8 Å². The molecule has 5 heteroatoms. The van der Waals surface area contributed by atoms with E-state index in [9.17, 15) is 8.78 Å². The summed E-state index contributed by atoms with van der Waals surface area (Å²) in [6, 6.07) is 2.42. The van der Waals surface area contributed by atoms with Gasteiger partial charge in [0.15, 0.2) is 11.6 Å². The maximum absolute atomic E-state index is 13.5. The van der Waals surface area contributed by atoms with Gasteiger partial charge in [0.1, 0.15) is 0 Å². The molecule has 0 spiro atoms.